The van der Waals surface area contributed by atoms with Crippen molar-refractivity contribution in [3.8, 4) is 0 Å². The molecule has 0 aromatic carbocycles. The Labute approximate surface area is 101 Å². The van der Waals surface area contributed by atoms with Gasteiger partial charge in [-0.25, -0.2) is 0 Å². The molecule has 0 aliphatic carbocycles. The molecular weight excluding hydrogens is 220 g/mol. The molecule has 96 valence electrons. The number of nitrogens with zero attached hydrogens (tertiary/aromatic N) is 2. The molecule has 1 amide bonds. The number of hydrogen-bond donors (Lipinski definition) is 2. The molecule has 0 aliphatic heterocycles. The van der Waals surface area contributed by atoms with Crippen LogP contribution in [0.15, 0.2) is 4.52 Å². The Bertz CT molecular complexity index is 364. The molecular formula is C11H20N4O2. The minimum Gasteiger partial charge on any atom is -0.354 e. The molecule has 6 nitrogen and oxygen atoms in total. The zero-order chi connectivity index (χ0) is 12.8. The van der Waals surface area contributed by atoms with Crippen LogP contribution in [0.1, 0.15) is 32.0 Å². The van der Waals surface area contributed by atoms with Gasteiger partial charge in [-0.2, -0.15) is 4.98 Å². The largest absolute Gasteiger partial charge is 0.354 e. The molecule has 0 spiro atoms. The van der Waals surface area contributed by atoms with Gasteiger partial charge < -0.3 is 15.6 Å². The van der Waals surface area contributed by atoms with Gasteiger partial charge in [-0.3, -0.25) is 4.79 Å². The first-order valence-electron chi connectivity index (χ1n) is 5.87. The minimum atomic E-state index is -0.452. The van der Waals surface area contributed by atoms with Crippen molar-refractivity contribution < 1.29 is 9.32 Å². The zero-order valence-electron chi connectivity index (χ0n) is 10.6. The van der Waals surface area contributed by atoms with Crippen molar-refractivity contribution in [1.82, 2.24) is 15.5 Å². The summed E-state index contributed by atoms with van der Waals surface area (Å²) >= 11 is 0. The molecule has 6 heteroatoms. The molecule has 1 heterocycles. The Morgan fingerprint density at radius 3 is 2.82 bits per heavy atom. The van der Waals surface area contributed by atoms with Gasteiger partial charge in [0.2, 0.25) is 11.8 Å². The van der Waals surface area contributed by atoms with Crippen molar-refractivity contribution in [3.63, 3.8) is 0 Å². The summed E-state index contributed by atoms with van der Waals surface area (Å²) in [4.78, 5) is 15.7. The number of aryl methyl sites for hydroxylation is 1. The highest BCUT2D eigenvalue weighted by molar-refractivity contribution is 5.81. The number of carbonyl (C=O) groups is 1. The van der Waals surface area contributed by atoms with Crippen molar-refractivity contribution in [1.29, 1.82) is 0 Å². The quantitative estimate of drug-likeness (QED) is 0.751. The van der Waals surface area contributed by atoms with Gasteiger partial charge in [-0.1, -0.05) is 25.4 Å². The second-order valence-corrected chi connectivity index (χ2v) is 4.18. The summed E-state index contributed by atoms with van der Waals surface area (Å²) in [6, 6.07) is -0.452. The van der Waals surface area contributed by atoms with Crippen LogP contribution in [0.3, 0.4) is 0 Å². The maximum absolute atomic E-state index is 11.6. The average Bonchev–Trinajstić information content (AvgIpc) is 2.72. The Morgan fingerprint density at radius 1 is 1.59 bits per heavy atom. The standard InChI is InChI=1S/C11H20N4O2/c1-4-7(2)10(12)11(16)13-6-5-9-14-8(3)17-15-9/h7,10H,4-6,12H2,1-3H3,(H,13,16). The Hall–Kier alpha value is -1.43. The monoisotopic (exact) mass is 240 g/mol. The predicted molar refractivity (Wildman–Crippen MR) is 63.2 cm³/mol. The molecule has 0 fully saturated rings. The first-order valence-corrected chi connectivity index (χ1v) is 5.87. The fraction of sp³-hybridized carbons (Fsp3) is 0.727. The number of amides is 1. The minimum absolute atomic E-state index is 0.125. The highest BCUT2D eigenvalue weighted by Gasteiger charge is 2.18. The second-order valence-electron chi connectivity index (χ2n) is 4.18. The molecule has 0 aliphatic rings. The molecule has 0 saturated heterocycles. The molecule has 17 heavy (non-hydrogen) atoms. The van der Waals surface area contributed by atoms with E-state index in [2.05, 4.69) is 15.5 Å². The molecule has 1 aromatic heterocycles. The van der Waals surface area contributed by atoms with Crippen LogP contribution in [0.4, 0.5) is 0 Å². The molecule has 2 atom stereocenters. The first kappa shape index (κ1) is 13.6. The van der Waals surface area contributed by atoms with Crippen LogP contribution in [0.25, 0.3) is 0 Å². The molecule has 0 radical (unpaired) electrons. The van der Waals surface area contributed by atoms with Crippen LogP contribution in [-0.2, 0) is 11.2 Å². The van der Waals surface area contributed by atoms with E-state index in [1.165, 1.54) is 0 Å². The van der Waals surface area contributed by atoms with Gasteiger partial charge in [0.15, 0.2) is 5.82 Å². The number of hydrogen-bond acceptors (Lipinski definition) is 5. The van der Waals surface area contributed by atoms with E-state index in [1.54, 1.807) is 6.92 Å². The third-order valence-electron chi connectivity index (χ3n) is 2.78. The SMILES string of the molecule is CCC(C)C(N)C(=O)NCCc1noc(C)n1. The van der Waals surface area contributed by atoms with Crippen LogP contribution in [0.2, 0.25) is 0 Å². The average molecular weight is 240 g/mol. The predicted octanol–water partition coefficient (Wildman–Crippen LogP) is 0.410. The maximum Gasteiger partial charge on any atom is 0.237 e. The highest BCUT2D eigenvalue weighted by Crippen LogP contribution is 2.04. The van der Waals surface area contributed by atoms with E-state index >= 15 is 0 Å². The Kier molecular flexibility index (Phi) is 5.09. The topological polar surface area (TPSA) is 94.0 Å². The van der Waals surface area contributed by atoms with Gasteiger partial charge in [0.05, 0.1) is 6.04 Å². The summed E-state index contributed by atoms with van der Waals surface area (Å²) < 4.78 is 4.83. The molecule has 3 N–H and O–H groups in total. The van der Waals surface area contributed by atoms with Crippen LogP contribution >= 0.6 is 0 Å². The van der Waals surface area contributed by atoms with E-state index in [4.69, 9.17) is 10.3 Å². The summed E-state index contributed by atoms with van der Waals surface area (Å²) in [6.07, 6.45) is 1.44. The van der Waals surface area contributed by atoms with Crippen LogP contribution < -0.4 is 11.1 Å². The summed E-state index contributed by atoms with van der Waals surface area (Å²) in [5.74, 6) is 1.18. The Balaban J connectivity index is 2.29. The van der Waals surface area contributed by atoms with Gasteiger partial charge in [-0.05, 0) is 5.92 Å². The third kappa shape index (κ3) is 4.14. The molecule has 1 rings (SSSR count). The molecule has 1 aromatic rings. The lowest BCUT2D eigenvalue weighted by molar-refractivity contribution is -0.123. The van der Waals surface area contributed by atoms with Crippen LogP contribution in [0.5, 0.6) is 0 Å². The molecule has 2 unspecified atom stereocenters. The summed E-state index contributed by atoms with van der Waals surface area (Å²) in [6.45, 7) is 6.18. The van der Waals surface area contributed by atoms with Crippen LogP contribution in [0, 0.1) is 12.8 Å². The fourth-order valence-electron chi connectivity index (χ4n) is 1.37. The van der Waals surface area contributed by atoms with Crippen molar-refractivity contribution in [2.24, 2.45) is 11.7 Å². The number of rotatable bonds is 6. The van der Waals surface area contributed by atoms with Gasteiger partial charge in [0.25, 0.3) is 0 Å². The first-order chi connectivity index (χ1) is 8.04. The lowest BCUT2D eigenvalue weighted by atomic mass is 9.99. The van der Waals surface area contributed by atoms with Crippen molar-refractivity contribution in [2.45, 2.75) is 39.7 Å². The number of carbonyl (C=O) groups excluding carboxylic acids is 1. The van der Waals surface area contributed by atoms with E-state index in [-0.39, 0.29) is 11.8 Å². The zero-order valence-corrected chi connectivity index (χ0v) is 10.6. The fourth-order valence-corrected chi connectivity index (χ4v) is 1.37. The lowest BCUT2D eigenvalue weighted by Gasteiger charge is -2.17. The van der Waals surface area contributed by atoms with E-state index in [0.717, 1.165) is 6.42 Å². The Morgan fingerprint density at radius 2 is 2.29 bits per heavy atom. The highest BCUT2D eigenvalue weighted by atomic mass is 16.5. The maximum atomic E-state index is 11.6. The summed E-state index contributed by atoms with van der Waals surface area (Å²) in [5.41, 5.74) is 5.79. The normalized spacial score (nSPS) is 14.4. The molecule has 0 saturated carbocycles. The van der Waals surface area contributed by atoms with Crippen molar-refractivity contribution >= 4 is 5.91 Å². The van der Waals surface area contributed by atoms with Gasteiger partial charge >= 0.3 is 0 Å². The summed E-state index contributed by atoms with van der Waals surface area (Å²) in [7, 11) is 0. The third-order valence-corrected chi connectivity index (χ3v) is 2.78. The van der Waals surface area contributed by atoms with Crippen LogP contribution in [-0.4, -0.2) is 28.6 Å². The number of nitrogens with one attached hydrogen (secondary N) is 1. The van der Waals surface area contributed by atoms with Gasteiger partial charge in [0, 0.05) is 19.9 Å². The molecule has 0 bridgehead atoms. The smallest absolute Gasteiger partial charge is 0.237 e. The van der Waals surface area contributed by atoms with E-state index in [9.17, 15) is 4.79 Å². The second kappa shape index (κ2) is 6.34. The number of nitrogens with two attached hydrogens (primary N) is 1. The van der Waals surface area contributed by atoms with E-state index in [1.807, 2.05) is 13.8 Å². The van der Waals surface area contributed by atoms with Gasteiger partial charge in [-0.15, -0.1) is 0 Å². The van der Waals surface area contributed by atoms with E-state index < -0.39 is 6.04 Å². The van der Waals surface area contributed by atoms with Crippen molar-refractivity contribution in [3.05, 3.63) is 11.7 Å². The van der Waals surface area contributed by atoms with E-state index in [0.29, 0.717) is 24.7 Å². The lowest BCUT2D eigenvalue weighted by Crippen LogP contribution is -2.45. The number of aromatic nitrogens is 2. The van der Waals surface area contributed by atoms with Gasteiger partial charge in [0.1, 0.15) is 0 Å². The summed E-state index contributed by atoms with van der Waals surface area (Å²) in [5, 5.41) is 6.51. The van der Waals surface area contributed by atoms with Crippen molar-refractivity contribution in [2.75, 3.05) is 6.54 Å².